The number of carbonyl (C=O) groups is 1. The van der Waals surface area contributed by atoms with E-state index in [0.717, 1.165) is 46.8 Å². The second kappa shape index (κ2) is 8.42. The van der Waals surface area contributed by atoms with Gasteiger partial charge in [0.25, 0.3) is 5.91 Å². The fourth-order valence-corrected chi connectivity index (χ4v) is 4.18. The van der Waals surface area contributed by atoms with Crippen molar-refractivity contribution in [3.8, 4) is 11.3 Å². The lowest BCUT2D eigenvalue weighted by molar-refractivity contribution is 0.102. The first kappa shape index (κ1) is 20.2. The highest BCUT2D eigenvalue weighted by molar-refractivity contribution is 6.05. The third kappa shape index (κ3) is 3.93. The molecule has 1 N–H and O–H groups in total. The Morgan fingerprint density at radius 3 is 2.56 bits per heavy atom. The Hall–Kier alpha value is -3.74. The minimum absolute atomic E-state index is 0.184. The number of piperidine rings is 1. The SMILES string of the molecule is Cc1ncc(-c2ccc3cnc(NC(=O)c4ccnc(N5CCCCC5)c4)cc3c2)n1C. The number of carbonyl (C=O) groups excluding carboxylic acids is 1. The molecule has 7 nitrogen and oxygen atoms in total. The standard InChI is InChI=1S/C25H26N6O/c1-17-27-16-22(30(17)2)18-6-7-20-15-28-23(13-21(20)12-18)29-25(32)19-8-9-26-24(14-19)31-10-4-3-5-11-31/h6-9,12-16H,3-5,10-11H2,1-2H3,(H,28,29,32). The predicted octanol–water partition coefficient (Wildman–Crippen LogP) is 4.58. The molecular formula is C25H26N6O. The van der Waals surface area contributed by atoms with Crippen molar-refractivity contribution in [2.75, 3.05) is 23.3 Å². The largest absolute Gasteiger partial charge is 0.357 e. The summed E-state index contributed by atoms with van der Waals surface area (Å²) >= 11 is 0. The first-order valence-electron chi connectivity index (χ1n) is 11.0. The fourth-order valence-electron chi connectivity index (χ4n) is 4.18. The Morgan fingerprint density at radius 2 is 1.78 bits per heavy atom. The number of aromatic nitrogens is 4. The summed E-state index contributed by atoms with van der Waals surface area (Å²) in [6.45, 7) is 3.96. The third-order valence-electron chi connectivity index (χ3n) is 6.17. The van der Waals surface area contributed by atoms with Crippen LogP contribution in [0, 0.1) is 6.92 Å². The summed E-state index contributed by atoms with van der Waals surface area (Å²) in [5.41, 5.74) is 2.71. The van der Waals surface area contributed by atoms with Crippen LogP contribution in [0.5, 0.6) is 0 Å². The van der Waals surface area contributed by atoms with Gasteiger partial charge in [-0.3, -0.25) is 4.79 Å². The second-order valence-corrected chi connectivity index (χ2v) is 8.29. The van der Waals surface area contributed by atoms with Gasteiger partial charge in [-0.25, -0.2) is 15.0 Å². The Morgan fingerprint density at radius 1 is 0.938 bits per heavy atom. The van der Waals surface area contributed by atoms with E-state index >= 15 is 0 Å². The molecule has 4 aromatic rings. The van der Waals surface area contributed by atoms with Crippen molar-refractivity contribution in [2.45, 2.75) is 26.2 Å². The number of nitrogens with zero attached hydrogens (tertiary/aromatic N) is 5. The van der Waals surface area contributed by atoms with E-state index < -0.39 is 0 Å². The molecule has 1 aliphatic heterocycles. The van der Waals surface area contributed by atoms with E-state index in [-0.39, 0.29) is 5.91 Å². The highest BCUT2D eigenvalue weighted by Crippen LogP contribution is 2.26. The Bertz CT molecular complexity index is 1290. The topological polar surface area (TPSA) is 75.9 Å². The lowest BCUT2D eigenvalue weighted by atomic mass is 10.1. The van der Waals surface area contributed by atoms with Gasteiger partial charge in [-0.15, -0.1) is 0 Å². The van der Waals surface area contributed by atoms with Gasteiger partial charge >= 0.3 is 0 Å². The maximum Gasteiger partial charge on any atom is 0.257 e. The lowest BCUT2D eigenvalue weighted by Gasteiger charge is -2.27. The van der Waals surface area contributed by atoms with Crippen molar-refractivity contribution in [2.24, 2.45) is 7.05 Å². The number of fused-ring (bicyclic) bond motifs is 1. The predicted molar refractivity (Wildman–Crippen MR) is 127 cm³/mol. The van der Waals surface area contributed by atoms with Crippen LogP contribution in [-0.2, 0) is 7.05 Å². The van der Waals surface area contributed by atoms with Crippen molar-refractivity contribution in [1.82, 2.24) is 19.5 Å². The van der Waals surface area contributed by atoms with Crippen LogP contribution in [0.2, 0.25) is 0 Å². The molecule has 0 spiro atoms. The summed E-state index contributed by atoms with van der Waals surface area (Å²) in [6, 6.07) is 11.7. The van der Waals surface area contributed by atoms with Crippen molar-refractivity contribution in [1.29, 1.82) is 0 Å². The lowest BCUT2D eigenvalue weighted by Crippen LogP contribution is -2.30. The highest BCUT2D eigenvalue weighted by atomic mass is 16.1. The van der Waals surface area contributed by atoms with Crippen LogP contribution >= 0.6 is 0 Å². The molecule has 162 valence electrons. The monoisotopic (exact) mass is 426 g/mol. The van der Waals surface area contributed by atoms with Crippen molar-refractivity contribution in [3.63, 3.8) is 0 Å². The summed E-state index contributed by atoms with van der Waals surface area (Å²) in [4.78, 5) is 28.4. The van der Waals surface area contributed by atoms with Gasteiger partial charge in [0.05, 0.1) is 11.9 Å². The number of pyridine rings is 2. The number of benzene rings is 1. The van der Waals surface area contributed by atoms with E-state index in [4.69, 9.17) is 0 Å². The molecule has 32 heavy (non-hydrogen) atoms. The number of amides is 1. The zero-order valence-electron chi connectivity index (χ0n) is 18.4. The molecule has 1 amide bonds. The molecule has 0 bridgehead atoms. The van der Waals surface area contributed by atoms with Crippen LogP contribution in [-0.4, -0.2) is 38.5 Å². The Kier molecular flexibility index (Phi) is 5.31. The number of hydrogen-bond donors (Lipinski definition) is 1. The second-order valence-electron chi connectivity index (χ2n) is 8.29. The summed E-state index contributed by atoms with van der Waals surface area (Å²) < 4.78 is 2.06. The molecule has 0 aliphatic carbocycles. The number of imidazole rings is 1. The van der Waals surface area contributed by atoms with E-state index in [2.05, 4.69) is 41.9 Å². The molecule has 0 radical (unpaired) electrons. The molecule has 1 aromatic carbocycles. The van der Waals surface area contributed by atoms with Crippen LogP contribution in [0.1, 0.15) is 35.4 Å². The molecule has 0 atom stereocenters. The molecule has 0 saturated carbocycles. The molecule has 3 aromatic heterocycles. The van der Waals surface area contributed by atoms with Gasteiger partial charge < -0.3 is 14.8 Å². The molecule has 1 fully saturated rings. The zero-order valence-corrected chi connectivity index (χ0v) is 18.4. The molecule has 1 saturated heterocycles. The van der Waals surface area contributed by atoms with Gasteiger partial charge in [-0.2, -0.15) is 0 Å². The van der Waals surface area contributed by atoms with Crippen molar-refractivity contribution in [3.05, 3.63) is 66.4 Å². The van der Waals surface area contributed by atoms with Crippen LogP contribution in [0.25, 0.3) is 22.0 Å². The van der Waals surface area contributed by atoms with Crippen LogP contribution < -0.4 is 10.2 Å². The normalized spacial score (nSPS) is 14.0. The zero-order chi connectivity index (χ0) is 22.1. The average Bonchev–Trinajstić information content (AvgIpc) is 3.17. The Balaban J connectivity index is 1.39. The van der Waals surface area contributed by atoms with E-state index in [1.165, 1.54) is 19.3 Å². The molecule has 5 rings (SSSR count). The van der Waals surface area contributed by atoms with Gasteiger partial charge in [0.1, 0.15) is 17.5 Å². The summed E-state index contributed by atoms with van der Waals surface area (Å²) in [5, 5.41) is 4.97. The van der Waals surface area contributed by atoms with E-state index in [1.807, 2.05) is 38.4 Å². The Labute approximate surface area is 187 Å². The fraction of sp³-hybridized carbons (Fsp3) is 0.280. The third-order valence-corrected chi connectivity index (χ3v) is 6.17. The average molecular weight is 427 g/mol. The van der Waals surface area contributed by atoms with Gasteiger partial charge in [-0.05, 0) is 55.8 Å². The first-order valence-corrected chi connectivity index (χ1v) is 11.0. The summed E-state index contributed by atoms with van der Waals surface area (Å²) in [7, 11) is 2.01. The van der Waals surface area contributed by atoms with Crippen molar-refractivity contribution < 1.29 is 4.79 Å². The van der Waals surface area contributed by atoms with Crippen LogP contribution in [0.4, 0.5) is 11.6 Å². The first-order chi connectivity index (χ1) is 15.6. The minimum atomic E-state index is -0.184. The minimum Gasteiger partial charge on any atom is -0.357 e. The maximum absolute atomic E-state index is 12.9. The van der Waals surface area contributed by atoms with Gasteiger partial charge in [0, 0.05) is 49.0 Å². The summed E-state index contributed by atoms with van der Waals surface area (Å²) in [6.07, 6.45) is 8.96. The molecule has 4 heterocycles. The smallest absolute Gasteiger partial charge is 0.257 e. The van der Waals surface area contributed by atoms with Crippen LogP contribution in [0.15, 0.2) is 55.0 Å². The number of rotatable bonds is 4. The van der Waals surface area contributed by atoms with Crippen molar-refractivity contribution >= 4 is 28.3 Å². The highest BCUT2D eigenvalue weighted by Gasteiger charge is 2.15. The van der Waals surface area contributed by atoms with Gasteiger partial charge in [0.15, 0.2) is 0 Å². The summed E-state index contributed by atoms with van der Waals surface area (Å²) in [5.74, 6) is 2.16. The number of anilines is 2. The molecule has 7 heteroatoms. The van der Waals surface area contributed by atoms with E-state index in [9.17, 15) is 4.79 Å². The number of hydrogen-bond acceptors (Lipinski definition) is 5. The van der Waals surface area contributed by atoms with E-state index in [1.54, 1.807) is 18.5 Å². The van der Waals surface area contributed by atoms with Crippen LogP contribution in [0.3, 0.4) is 0 Å². The van der Waals surface area contributed by atoms with E-state index in [0.29, 0.717) is 11.4 Å². The molecule has 0 unspecified atom stereocenters. The number of aryl methyl sites for hydroxylation is 1. The maximum atomic E-state index is 12.9. The number of nitrogens with one attached hydrogen (secondary N) is 1. The molecular weight excluding hydrogens is 400 g/mol. The van der Waals surface area contributed by atoms with Gasteiger partial charge in [0.2, 0.25) is 0 Å². The quantitative estimate of drug-likeness (QED) is 0.517. The van der Waals surface area contributed by atoms with Gasteiger partial charge in [-0.1, -0.05) is 12.1 Å². The molecule has 1 aliphatic rings.